The third kappa shape index (κ3) is 4.25. The van der Waals surface area contributed by atoms with E-state index >= 15 is 0 Å². The molecule has 0 aromatic heterocycles. The quantitative estimate of drug-likeness (QED) is 0.782. The van der Waals surface area contributed by atoms with Crippen LogP contribution in [0.15, 0.2) is 24.3 Å². The van der Waals surface area contributed by atoms with Gasteiger partial charge in [0, 0.05) is 5.69 Å². The number of aliphatic hydroxyl groups is 1. The molecule has 7 heteroatoms. The van der Waals surface area contributed by atoms with E-state index in [0.717, 1.165) is 12.1 Å². The molecule has 0 heterocycles. The van der Waals surface area contributed by atoms with Gasteiger partial charge in [0.05, 0.1) is 18.2 Å². The summed E-state index contributed by atoms with van der Waals surface area (Å²) in [6, 6.07) is 3.15. The minimum Gasteiger partial charge on any atom is -0.394 e. The Bertz CT molecular complexity index is 421. The molecule has 0 unspecified atom stereocenters. The number of hydrogen-bond donors (Lipinski definition) is 3. The SMILES string of the molecule is C[C@@H](CO)NC(=O)Nc1cccc(C(F)(F)F)c1. The smallest absolute Gasteiger partial charge is 0.394 e. The second kappa shape index (κ2) is 5.72. The van der Waals surface area contributed by atoms with E-state index in [4.69, 9.17) is 5.11 Å². The van der Waals surface area contributed by atoms with Gasteiger partial charge in [0.25, 0.3) is 0 Å². The van der Waals surface area contributed by atoms with E-state index in [1.165, 1.54) is 12.1 Å². The van der Waals surface area contributed by atoms with Crippen LogP contribution in [0, 0.1) is 0 Å². The molecular weight excluding hydrogens is 249 g/mol. The minimum absolute atomic E-state index is 0.0347. The fraction of sp³-hybridized carbons (Fsp3) is 0.364. The Balaban J connectivity index is 2.71. The molecule has 3 N–H and O–H groups in total. The summed E-state index contributed by atoms with van der Waals surface area (Å²) >= 11 is 0. The molecule has 18 heavy (non-hydrogen) atoms. The largest absolute Gasteiger partial charge is 0.416 e. The Morgan fingerprint density at radius 1 is 1.44 bits per heavy atom. The van der Waals surface area contributed by atoms with Crippen molar-refractivity contribution in [3.05, 3.63) is 29.8 Å². The number of carbonyl (C=O) groups is 1. The standard InChI is InChI=1S/C11H13F3N2O2/c1-7(6-17)15-10(18)16-9-4-2-3-8(5-9)11(12,13)14/h2-5,7,17H,6H2,1H3,(H2,15,16,18)/t7-/m0/s1. The highest BCUT2D eigenvalue weighted by Gasteiger charge is 2.30. The Morgan fingerprint density at radius 3 is 2.67 bits per heavy atom. The Labute approximate surface area is 102 Å². The van der Waals surface area contributed by atoms with Gasteiger partial charge < -0.3 is 15.7 Å². The van der Waals surface area contributed by atoms with Crippen molar-refractivity contribution >= 4 is 11.7 Å². The van der Waals surface area contributed by atoms with Crippen LogP contribution in [-0.4, -0.2) is 23.8 Å². The van der Waals surface area contributed by atoms with Crippen molar-refractivity contribution in [2.24, 2.45) is 0 Å². The number of aliphatic hydroxyl groups excluding tert-OH is 1. The van der Waals surface area contributed by atoms with E-state index < -0.39 is 23.8 Å². The maximum atomic E-state index is 12.4. The number of urea groups is 1. The molecule has 0 aliphatic carbocycles. The van der Waals surface area contributed by atoms with Crippen LogP contribution in [0.2, 0.25) is 0 Å². The molecule has 0 bridgehead atoms. The van der Waals surface area contributed by atoms with Gasteiger partial charge in [0.15, 0.2) is 0 Å². The predicted molar refractivity (Wildman–Crippen MR) is 60.1 cm³/mol. The number of halogens is 3. The average molecular weight is 262 g/mol. The first-order valence-electron chi connectivity index (χ1n) is 5.18. The molecule has 1 aromatic rings. The lowest BCUT2D eigenvalue weighted by Gasteiger charge is -2.13. The number of rotatable bonds is 3. The van der Waals surface area contributed by atoms with Gasteiger partial charge in [-0.2, -0.15) is 13.2 Å². The van der Waals surface area contributed by atoms with Gasteiger partial charge in [-0.25, -0.2) is 4.79 Å². The van der Waals surface area contributed by atoms with Crippen LogP contribution in [0.25, 0.3) is 0 Å². The van der Waals surface area contributed by atoms with Gasteiger partial charge in [-0.15, -0.1) is 0 Å². The highest BCUT2D eigenvalue weighted by Crippen LogP contribution is 2.30. The van der Waals surface area contributed by atoms with Crippen molar-refractivity contribution in [2.75, 3.05) is 11.9 Å². The first-order chi connectivity index (χ1) is 8.32. The second-order valence-electron chi connectivity index (χ2n) is 3.76. The van der Waals surface area contributed by atoms with Crippen molar-refractivity contribution < 1.29 is 23.1 Å². The molecule has 1 rings (SSSR count). The molecule has 100 valence electrons. The summed E-state index contributed by atoms with van der Waals surface area (Å²) in [5.41, 5.74) is -0.803. The van der Waals surface area contributed by atoms with E-state index in [2.05, 4.69) is 10.6 Å². The van der Waals surface area contributed by atoms with Gasteiger partial charge in [-0.3, -0.25) is 0 Å². The molecule has 0 saturated carbocycles. The Hall–Kier alpha value is -1.76. The molecule has 0 fully saturated rings. The number of carbonyl (C=O) groups excluding carboxylic acids is 1. The number of alkyl halides is 3. The monoisotopic (exact) mass is 262 g/mol. The van der Waals surface area contributed by atoms with Crippen molar-refractivity contribution in [2.45, 2.75) is 19.1 Å². The predicted octanol–water partition coefficient (Wildman–Crippen LogP) is 2.21. The van der Waals surface area contributed by atoms with Crippen LogP contribution in [-0.2, 0) is 6.18 Å². The lowest BCUT2D eigenvalue weighted by Crippen LogP contribution is -2.38. The maximum Gasteiger partial charge on any atom is 0.416 e. The zero-order chi connectivity index (χ0) is 13.8. The normalized spacial score (nSPS) is 12.9. The average Bonchev–Trinajstić information content (AvgIpc) is 2.27. The first-order valence-corrected chi connectivity index (χ1v) is 5.18. The van der Waals surface area contributed by atoms with E-state index in [1.54, 1.807) is 6.92 Å². The molecule has 4 nitrogen and oxygen atoms in total. The molecule has 0 aliphatic heterocycles. The molecule has 0 aliphatic rings. The van der Waals surface area contributed by atoms with Gasteiger partial charge in [0.2, 0.25) is 0 Å². The van der Waals surface area contributed by atoms with Crippen LogP contribution in [0.1, 0.15) is 12.5 Å². The third-order valence-electron chi connectivity index (χ3n) is 2.10. The van der Waals surface area contributed by atoms with Gasteiger partial charge >= 0.3 is 12.2 Å². The van der Waals surface area contributed by atoms with Gasteiger partial charge in [-0.05, 0) is 25.1 Å². The number of hydrogen-bond acceptors (Lipinski definition) is 2. The van der Waals surface area contributed by atoms with Gasteiger partial charge in [-0.1, -0.05) is 6.07 Å². The maximum absolute atomic E-state index is 12.4. The molecule has 0 saturated heterocycles. The Morgan fingerprint density at radius 2 is 2.11 bits per heavy atom. The minimum atomic E-state index is -4.45. The van der Waals surface area contributed by atoms with E-state index in [9.17, 15) is 18.0 Å². The molecule has 0 spiro atoms. The van der Waals surface area contributed by atoms with Crippen LogP contribution < -0.4 is 10.6 Å². The molecular formula is C11H13F3N2O2. The van der Waals surface area contributed by atoms with Crippen LogP contribution in [0.4, 0.5) is 23.7 Å². The van der Waals surface area contributed by atoms with Gasteiger partial charge in [0.1, 0.15) is 0 Å². The number of anilines is 1. The first kappa shape index (κ1) is 14.3. The van der Waals surface area contributed by atoms with Crippen molar-refractivity contribution in [1.29, 1.82) is 0 Å². The second-order valence-corrected chi connectivity index (χ2v) is 3.76. The van der Waals surface area contributed by atoms with Crippen molar-refractivity contribution in [3.63, 3.8) is 0 Å². The van der Waals surface area contributed by atoms with E-state index in [1.807, 2.05) is 0 Å². The van der Waals surface area contributed by atoms with Crippen LogP contribution >= 0.6 is 0 Å². The number of amides is 2. The molecule has 2 amide bonds. The number of benzene rings is 1. The lowest BCUT2D eigenvalue weighted by atomic mass is 10.2. The highest BCUT2D eigenvalue weighted by molar-refractivity contribution is 5.89. The summed E-state index contributed by atoms with van der Waals surface area (Å²) in [6.45, 7) is 1.31. The fourth-order valence-corrected chi connectivity index (χ4v) is 1.21. The Kier molecular flexibility index (Phi) is 4.55. The lowest BCUT2D eigenvalue weighted by molar-refractivity contribution is -0.137. The van der Waals surface area contributed by atoms with E-state index in [-0.39, 0.29) is 12.3 Å². The zero-order valence-electron chi connectivity index (χ0n) is 9.58. The third-order valence-corrected chi connectivity index (χ3v) is 2.10. The van der Waals surface area contributed by atoms with Crippen LogP contribution in [0.3, 0.4) is 0 Å². The van der Waals surface area contributed by atoms with Crippen LogP contribution in [0.5, 0.6) is 0 Å². The summed E-state index contributed by atoms with van der Waals surface area (Å²) in [7, 11) is 0. The molecule has 0 radical (unpaired) electrons. The topological polar surface area (TPSA) is 61.4 Å². The summed E-state index contributed by atoms with van der Waals surface area (Å²) in [6.07, 6.45) is -4.45. The van der Waals surface area contributed by atoms with E-state index in [0.29, 0.717) is 0 Å². The summed E-state index contributed by atoms with van der Waals surface area (Å²) in [5, 5.41) is 13.3. The highest BCUT2D eigenvalue weighted by atomic mass is 19.4. The molecule has 1 atom stereocenters. The number of nitrogens with one attached hydrogen (secondary N) is 2. The zero-order valence-corrected chi connectivity index (χ0v) is 9.58. The molecule has 1 aromatic carbocycles. The van der Waals surface area contributed by atoms with Crippen molar-refractivity contribution in [3.8, 4) is 0 Å². The summed E-state index contributed by atoms with van der Waals surface area (Å²) in [5.74, 6) is 0. The summed E-state index contributed by atoms with van der Waals surface area (Å²) in [4.78, 5) is 11.3. The summed E-state index contributed by atoms with van der Waals surface area (Å²) < 4.78 is 37.2. The fourth-order valence-electron chi connectivity index (χ4n) is 1.21. The van der Waals surface area contributed by atoms with Crippen molar-refractivity contribution in [1.82, 2.24) is 5.32 Å².